The highest BCUT2D eigenvalue weighted by Gasteiger charge is 2.20. The van der Waals surface area contributed by atoms with Crippen LogP contribution in [0.3, 0.4) is 0 Å². The van der Waals surface area contributed by atoms with E-state index in [1.54, 1.807) is 24.4 Å². The van der Waals surface area contributed by atoms with Gasteiger partial charge in [-0.15, -0.1) is 22.7 Å². The molecule has 142 valence electrons. The quantitative estimate of drug-likeness (QED) is 0.343. The minimum absolute atomic E-state index is 0.281. The van der Waals surface area contributed by atoms with Crippen molar-refractivity contribution in [2.75, 3.05) is 6.61 Å². The van der Waals surface area contributed by atoms with Crippen LogP contribution in [0, 0.1) is 19.7 Å². The van der Waals surface area contributed by atoms with Gasteiger partial charge in [-0.3, -0.25) is 9.36 Å². The molecule has 1 aromatic carbocycles. The van der Waals surface area contributed by atoms with Crippen LogP contribution < -0.4 is 0 Å². The zero-order valence-electron chi connectivity index (χ0n) is 15.1. The zero-order valence-corrected chi connectivity index (χ0v) is 16.7. The van der Waals surface area contributed by atoms with Crippen LogP contribution in [0.15, 0.2) is 41.9 Å². The Balaban J connectivity index is 1.49. The molecule has 0 bridgehead atoms. The maximum absolute atomic E-state index is 13.3. The molecule has 4 rings (SSSR count). The van der Waals surface area contributed by atoms with E-state index in [0.717, 1.165) is 21.2 Å². The third-order valence-electron chi connectivity index (χ3n) is 4.36. The maximum Gasteiger partial charge on any atom is 0.348 e. The summed E-state index contributed by atoms with van der Waals surface area (Å²) in [6.45, 7) is 3.38. The van der Waals surface area contributed by atoms with Gasteiger partial charge in [0.25, 0.3) is 0 Å². The van der Waals surface area contributed by atoms with E-state index in [1.165, 1.54) is 34.8 Å². The fraction of sp³-hybridized carbons (Fsp3) is 0.150. The molecule has 0 radical (unpaired) electrons. The maximum atomic E-state index is 13.3. The molecule has 0 saturated heterocycles. The van der Waals surface area contributed by atoms with E-state index in [9.17, 15) is 14.0 Å². The minimum atomic E-state index is -0.594. The Labute approximate surface area is 168 Å². The molecule has 0 spiro atoms. The number of nitrogens with zero attached hydrogens (tertiary/aromatic N) is 2. The minimum Gasteiger partial charge on any atom is -0.453 e. The molecule has 3 heterocycles. The number of halogens is 1. The number of hydrogen-bond donors (Lipinski definition) is 0. The molecule has 0 N–H and O–H groups in total. The van der Waals surface area contributed by atoms with E-state index < -0.39 is 5.97 Å². The van der Waals surface area contributed by atoms with Crippen LogP contribution in [0.4, 0.5) is 4.39 Å². The number of carbonyl (C=O) groups excluding carboxylic acids is 2. The summed E-state index contributed by atoms with van der Waals surface area (Å²) in [6.07, 6.45) is 1.71. The number of thiophene rings is 1. The molecule has 0 aliphatic carbocycles. The van der Waals surface area contributed by atoms with Gasteiger partial charge < -0.3 is 4.74 Å². The number of ether oxygens (including phenoxy) is 1. The first-order valence-corrected chi connectivity index (χ1v) is 10.1. The highest BCUT2D eigenvalue weighted by Crippen LogP contribution is 2.27. The summed E-state index contributed by atoms with van der Waals surface area (Å²) >= 11 is 2.68. The van der Waals surface area contributed by atoms with E-state index >= 15 is 0 Å². The molecule has 8 heteroatoms. The van der Waals surface area contributed by atoms with Crippen molar-refractivity contribution in [3.8, 4) is 5.13 Å². The fourth-order valence-electron chi connectivity index (χ4n) is 3.06. The number of hydrogen-bond acceptors (Lipinski definition) is 6. The number of carbonyl (C=O) groups is 2. The molecule has 0 atom stereocenters. The molecule has 0 aliphatic heterocycles. The Bertz CT molecular complexity index is 1190. The Morgan fingerprint density at radius 2 is 2.04 bits per heavy atom. The lowest BCUT2D eigenvalue weighted by molar-refractivity contribution is 0.0479. The van der Waals surface area contributed by atoms with Crippen molar-refractivity contribution in [3.05, 3.63) is 69.6 Å². The summed E-state index contributed by atoms with van der Waals surface area (Å²) < 4.78 is 21.2. The standard InChI is InChI=1S/C20H15FN2O3S2/c1-11-7-15(12(2)23(11)20-22-5-6-27-20)16(24)10-26-19(25)18-9-13-8-14(21)3-4-17(13)28-18/h3-9H,10H2,1-2H3. The van der Waals surface area contributed by atoms with E-state index in [-0.39, 0.29) is 18.2 Å². The first kappa shape index (κ1) is 18.5. The molecule has 3 aromatic heterocycles. The zero-order chi connectivity index (χ0) is 19.8. The normalized spacial score (nSPS) is 11.1. The lowest BCUT2D eigenvalue weighted by Crippen LogP contribution is -2.14. The van der Waals surface area contributed by atoms with Gasteiger partial charge in [0.15, 0.2) is 11.7 Å². The first-order chi connectivity index (χ1) is 13.4. The van der Waals surface area contributed by atoms with Crippen molar-refractivity contribution in [1.29, 1.82) is 0 Å². The van der Waals surface area contributed by atoms with Gasteiger partial charge >= 0.3 is 5.97 Å². The predicted octanol–water partition coefficient (Wildman–Crippen LogP) is 4.94. The van der Waals surface area contributed by atoms with E-state index in [0.29, 0.717) is 15.8 Å². The highest BCUT2D eigenvalue weighted by molar-refractivity contribution is 7.20. The fourth-order valence-corrected chi connectivity index (χ4v) is 4.75. The van der Waals surface area contributed by atoms with Crippen LogP contribution in [0.2, 0.25) is 0 Å². The average Bonchev–Trinajstić information content (AvgIpc) is 3.38. The van der Waals surface area contributed by atoms with Crippen molar-refractivity contribution in [2.24, 2.45) is 0 Å². The van der Waals surface area contributed by atoms with Gasteiger partial charge in [0.1, 0.15) is 10.7 Å². The van der Waals surface area contributed by atoms with Gasteiger partial charge in [-0.2, -0.15) is 0 Å². The molecule has 4 aromatic rings. The molecule has 0 amide bonds. The highest BCUT2D eigenvalue weighted by atomic mass is 32.1. The van der Waals surface area contributed by atoms with E-state index in [4.69, 9.17) is 4.74 Å². The second-order valence-electron chi connectivity index (χ2n) is 6.23. The molecular weight excluding hydrogens is 399 g/mol. The van der Waals surface area contributed by atoms with Crippen LogP contribution in [-0.2, 0) is 4.74 Å². The Hall–Kier alpha value is -2.84. The van der Waals surface area contributed by atoms with Crippen LogP contribution >= 0.6 is 22.7 Å². The number of aromatic nitrogens is 2. The second-order valence-corrected chi connectivity index (χ2v) is 8.18. The van der Waals surface area contributed by atoms with Crippen molar-refractivity contribution >= 4 is 44.5 Å². The van der Waals surface area contributed by atoms with Crippen molar-refractivity contribution < 1.29 is 18.7 Å². The number of thiazole rings is 1. The van der Waals surface area contributed by atoms with Gasteiger partial charge in [-0.1, -0.05) is 0 Å². The summed E-state index contributed by atoms with van der Waals surface area (Å²) in [5.41, 5.74) is 2.14. The Morgan fingerprint density at radius 1 is 1.21 bits per heavy atom. The number of rotatable bonds is 5. The van der Waals surface area contributed by atoms with Gasteiger partial charge in [-0.25, -0.2) is 14.2 Å². The van der Waals surface area contributed by atoms with Gasteiger partial charge in [0, 0.05) is 33.2 Å². The summed E-state index contributed by atoms with van der Waals surface area (Å²) in [5.74, 6) is -1.24. The monoisotopic (exact) mass is 414 g/mol. The van der Waals surface area contributed by atoms with Gasteiger partial charge in [0.2, 0.25) is 5.78 Å². The Kier molecular flexibility index (Phi) is 4.82. The summed E-state index contributed by atoms with van der Waals surface area (Å²) in [4.78, 5) is 29.5. The van der Waals surface area contributed by atoms with Gasteiger partial charge in [-0.05, 0) is 49.6 Å². The van der Waals surface area contributed by atoms with Crippen molar-refractivity contribution in [2.45, 2.75) is 13.8 Å². The van der Waals surface area contributed by atoms with Crippen LogP contribution in [-0.4, -0.2) is 27.9 Å². The number of benzene rings is 1. The molecule has 28 heavy (non-hydrogen) atoms. The molecular formula is C20H15FN2O3S2. The summed E-state index contributed by atoms with van der Waals surface area (Å²) in [5, 5.41) is 3.28. The number of ketones is 1. The lowest BCUT2D eigenvalue weighted by atomic mass is 10.1. The number of Topliss-reactive ketones (excluding diaryl/α,β-unsaturated/α-hetero) is 1. The Morgan fingerprint density at radius 3 is 2.79 bits per heavy atom. The summed E-state index contributed by atoms with van der Waals surface area (Å²) in [7, 11) is 0. The third kappa shape index (κ3) is 3.36. The van der Waals surface area contributed by atoms with E-state index in [2.05, 4.69) is 4.98 Å². The largest absolute Gasteiger partial charge is 0.453 e. The summed E-state index contributed by atoms with van der Waals surface area (Å²) in [6, 6.07) is 7.67. The molecule has 0 fully saturated rings. The average molecular weight is 414 g/mol. The lowest BCUT2D eigenvalue weighted by Gasteiger charge is -2.06. The smallest absolute Gasteiger partial charge is 0.348 e. The van der Waals surface area contributed by atoms with Crippen LogP contribution in [0.5, 0.6) is 0 Å². The number of fused-ring (bicyclic) bond motifs is 1. The van der Waals surface area contributed by atoms with Gasteiger partial charge in [0.05, 0.1) is 0 Å². The van der Waals surface area contributed by atoms with Crippen molar-refractivity contribution in [1.82, 2.24) is 9.55 Å². The molecule has 0 unspecified atom stereocenters. The predicted molar refractivity (Wildman–Crippen MR) is 107 cm³/mol. The molecule has 0 saturated carbocycles. The molecule has 5 nitrogen and oxygen atoms in total. The topological polar surface area (TPSA) is 61.2 Å². The van der Waals surface area contributed by atoms with Crippen molar-refractivity contribution in [3.63, 3.8) is 0 Å². The SMILES string of the molecule is Cc1cc(C(=O)COC(=O)c2cc3cc(F)ccc3s2)c(C)n1-c1nccs1. The number of esters is 1. The second kappa shape index (κ2) is 7.29. The van der Waals surface area contributed by atoms with Crippen LogP contribution in [0.1, 0.15) is 31.4 Å². The van der Waals surface area contributed by atoms with Crippen LogP contribution in [0.25, 0.3) is 15.2 Å². The third-order valence-corrected chi connectivity index (χ3v) is 6.21. The molecule has 0 aliphatic rings. The van der Waals surface area contributed by atoms with E-state index in [1.807, 2.05) is 23.8 Å². The first-order valence-electron chi connectivity index (χ1n) is 8.42. The number of aryl methyl sites for hydroxylation is 1.